The number of amides is 2. The number of nitrogens with two attached hydrogens (primary N) is 2. The lowest BCUT2D eigenvalue weighted by molar-refractivity contribution is -0.117. The van der Waals surface area contributed by atoms with E-state index in [1.807, 2.05) is 6.92 Å². The highest BCUT2D eigenvalue weighted by Gasteiger charge is 2.09. The summed E-state index contributed by atoms with van der Waals surface area (Å²) in [7, 11) is 0. The van der Waals surface area contributed by atoms with Crippen molar-refractivity contribution in [2.75, 3.05) is 12.0 Å². The molecule has 0 atom stereocenters. The SMILES string of the molecule is CCc1cc(C(=O)NCCC(N)=O)cc(NN)n1. The molecule has 0 spiro atoms. The van der Waals surface area contributed by atoms with Gasteiger partial charge in [-0.05, 0) is 18.6 Å². The van der Waals surface area contributed by atoms with Gasteiger partial charge in [-0.15, -0.1) is 0 Å². The van der Waals surface area contributed by atoms with Crippen LogP contribution in [-0.2, 0) is 11.2 Å². The second-order valence-electron chi connectivity index (χ2n) is 3.70. The van der Waals surface area contributed by atoms with E-state index in [9.17, 15) is 9.59 Å². The van der Waals surface area contributed by atoms with E-state index in [1.54, 1.807) is 12.1 Å². The molecule has 0 unspecified atom stereocenters. The molecule has 1 aromatic rings. The molecule has 6 N–H and O–H groups in total. The molecule has 1 heterocycles. The van der Waals surface area contributed by atoms with Crippen LogP contribution in [0, 0.1) is 0 Å². The second-order valence-corrected chi connectivity index (χ2v) is 3.70. The van der Waals surface area contributed by atoms with Crippen LogP contribution in [0.5, 0.6) is 0 Å². The minimum absolute atomic E-state index is 0.111. The lowest BCUT2D eigenvalue weighted by Gasteiger charge is -2.08. The monoisotopic (exact) mass is 251 g/mol. The maximum atomic E-state index is 11.8. The molecule has 0 saturated carbocycles. The van der Waals surface area contributed by atoms with E-state index in [2.05, 4.69) is 15.7 Å². The van der Waals surface area contributed by atoms with Crippen molar-refractivity contribution in [3.8, 4) is 0 Å². The minimum atomic E-state index is -0.455. The highest BCUT2D eigenvalue weighted by molar-refractivity contribution is 5.95. The Morgan fingerprint density at radius 3 is 2.67 bits per heavy atom. The van der Waals surface area contributed by atoms with Crippen LogP contribution in [-0.4, -0.2) is 23.3 Å². The predicted octanol–water partition coefficient (Wildman–Crippen LogP) is -0.465. The average Bonchev–Trinajstić information content (AvgIpc) is 2.37. The number of carbonyl (C=O) groups is 2. The fourth-order valence-corrected chi connectivity index (χ4v) is 1.38. The minimum Gasteiger partial charge on any atom is -0.370 e. The first-order chi connectivity index (χ1) is 8.56. The van der Waals surface area contributed by atoms with Crippen molar-refractivity contribution in [3.63, 3.8) is 0 Å². The number of aromatic nitrogens is 1. The predicted molar refractivity (Wildman–Crippen MR) is 67.6 cm³/mol. The van der Waals surface area contributed by atoms with Gasteiger partial charge >= 0.3 is 0 Å². The van der Waals surface area contributed by atoms with E-state index >= 15 is 0 Å². The maximum Gasteiger partial charge on any atom is 0.251 e. The molecule has 0 aliphatic rings. The van der Waals surface area contributed by atoms with Crippen LogP contribution in [0.2, 0.25) is 0 Å². The summed E-state index contributed by atoms with van der Waals surface area (Å²) in [5.74, 6) is 4.96. The summed E-state index contributed by atoms with van der Waals surface area (Å²) in [4.78, 5) is 26.5. The highest BCUT2D eigenvalue weighted by Crippen LogP contribution is 2.10. The third-order valence-electron chi connectivity index (χ3n) is 2.31. The van der Waals surface area contributed by atoms with E-state index in [4.69, 9.17) is 11.6 Å². The van der Waals surface area contributed by atoms with Crippen LogP contribution in [0.15, 0.2) is 12.1 Å². The van der Waals surface area contributed by atoms with Gasteiger partial charge < -0.3 is 16.5 Å². The van der Waals surface area contributed by atoms with Gasteiger partial charge in [0.2, 0.25) is 5.91 Å². The van der Waals surface area contributed by atoms with Crippen LogP contribution in [0.25, 0.3) is 0 Å². The van der Waals surface area contributed by atoms with Gasteiger partial charge in [-0.1, -0.05) is 6.92 Å². The van der Waals surface area contributed by atoms with E-state index < -0.39 is 5.91 Å². The summed E-state index contributed by atoms with van der Waals surface area (Å²) in [6.45, 7) is 2.14. The van der Waals surface area contributed by atoms with Gasteiger partial charge in [0.25, 0.3) is 5.91 Å². The lowest BCUT2D eigenvalue weighted by atomic mass is 10.2. The van der Waals surface area contributed by atoms with Crippen molar-refractivity contribution in [1.82, 2.24) is 10.3 Å². The van der Waals surface area contributed by atoms with Crippen LogP contribution < -0.4 is 22.3 Å². The van der Waals surface area contributed by atoms with Gasteiger partial charge in [0.05, 0.1) is 0 Å². The van der Waals surface area contributed by atoms with Gasteiger partial charge in [0.15, 0.2) is 0 Å². The zero-order valence-corrected chi connectivity index (χ0v) is 10.2. The zero-order valence-electron chi connectivity index (χ0n) is 10.2. The number of nitrogens with one attached hydrogen (secondary N) is 2. The number of carbonyl (C=O) groups excluding carboxylic acids is 2. The Bertz CT molecular complexity index is 425. The molecular formula is C11H17N5O2. The van der Waals surface area contributed by atoms with E-state index in [-0.39, 0.29) is 18.9 Å². The molecule has 0 saturated heterocycles. The van der Waals surface area contributed by atoms with Crippen molar-refractivity contribution in [2.45, 2.75) is 19.8 Å². The Morgan fingerprint density at radius 1 is 1.39 bits per heavy atom. The van der Waals surface area contributed by atoms with Crippen LogP contribution in [0.4, 0.5) is 5.82 Å². The van der Waals surface area contributed by atoms with Gasteiger partial charge in [-0.3, -0.25) is 9.59 Å². The van der Waals surface area contributed by atoms with Crippen molar-refractivity contribution in [2.24, 2.45) is 11.6 Å². The summed E-state index contributed by atoms with van der Waals surface area (Å²) in [6, 6.07) is 3.22. The van der Waals surface area contributed by atoms with Crippen molar-refractivity contribution in [3.05, 3.63) is 23.4 Å². The highest BCUT2D eigenvalue weighted by atomic mass is 16.2. The first-order valence-corrected chi connectivity index (χ1v) is 5.61. The van der Waals surface area contributed by atoms with Crippen LogP contribution in [0.3, 0.4) is 0 Å². The normalized spacial score (nSPS) is 9.89. The van der Waals surface area contributed by atoms with Gasteiger partial charge in [-0.2, -0.15) is 0 Å². The number of nitrogens with zero attached hydrogens (tertiary/aromatic N) is 1. The summed E-state index contributed by atoms with van der Waals surface area (Å²) < 4.78 is 0. The van der Waals surface area contributed by atoms with Gasteiger partial charge in [-0.25, -0.2) is 10.8 Å². The van der Waals surface area contributed by atoms with Crippen molar-refractivity contribution >= 4 is 17.6 Å². The second kappa shape index (κ2) is 6.55. The molecule has 98 valence electrons. The number of rotatable bonds is 6. The van der Waals surface area contributed by atoms with E-state index in [0.29, 0.717) is 17.8 Å². The Labute approximate surface area is 105 Å². The smallest absolute Gasteiger partial charge is 0.251 e. The Hall–Kier alpha value is -2.15. The first-order valence-electron chi connectivity index (χ1n) is 5.61. The molecule has 7 heteroatoms. The molecule has 0 bridgehead atoms. The van der Waals surface area contributed by atoms with Crippen molar-refractivity contribution < 1.29 is 9.59 Å². The van der Waals surface area contributed by atoms with Crippen LogP contribution in [0.1, 0.15) is 29.4 Å². The molecule has 0 radical (unpaired) electrons. The Balaban J connectivity index is 2.75. The number of hydrogen-bond acceptors (Lipinski definition) is 5. The Kier molecular flexibility index (Phi) is 5.06. The fourth-order valence-electron chi connectivity index (χ4n) is 1.38. The molecule has 0 aliphatic carbocycles. The first kappa shape index (κ1) is 13.9. The molecule has 0 aliphatic heterocycles. The number of pyridine rings is 1. The van der Waals surface area contributed by atoms with Gasteiger partial charge in [0.1, 0.15) is 5.82 Å². The zero-order chi connectivity index (χ0) is 13.5. The number of aryl methyl sites for hydroxylation is 1. The molecule has 1 rings (SSSR count). The lowest BCUT2D eigenvalue weighted by Crippen LogP contribution is -2.28. The third-order valence-corrected chi connectivity index (χ3v) is 2.31. The quantitative estimate of drug-likeness (QED) is 0.402. The Morgan fingerprint density at radius 2 is 2.11 bits per heavy atom. The standard InChI is InChI=1S/C11H17N5O2/c1-2-8-5-7(6-10(15-8)16-13)11(18)14-4-3-9(12)17/h5-6H,2-4,13H2,1H3,(H2,12,17)(H,14,18)(H,15,16). The molecule has 18 heavy (non-hydrogen) atoms. The fraction of sp³-hybridized carbons (Fsp3) is 0.364. The molecular weight excluding hydrogens is 234 g/mol. The maximum absolute atomic E-state index is 11.8. The summed E-state index contributed by atoms with van der Waals surface area (Å²) in [5.41, 5.74) is 8.59. The molecule has 7 nitrogen and oxygen atoms in total. The van der Waals surface area contributed by atoms with Gasteiger partial charge in [0, 0.05) is 24.2 Å². The number of primary amides is 1. The molecule has 0 fully saturated rings. The van der Waals surface area contributed by atoms with E-state index in [1.165, 1.54) is 0 Å². The molecule has 1 aromatic heterocycles. The summed E-state index contributed by atoms with van der Waals surface area (Å²) >= 11 is 0. The van der Waals surface area contributed by atoms with E-state index in [0.717, 1.165) is 5.69 Å². The largest absolute Gasteiger partial charge is 0.370 e. The summed E-state index contributed by atoms with van der Waals surface area (Å²) in [6.07, 6.45) is 0.802. The third kappa shape index (κ3) is 4.02. The van der Waals surface area contributed by atoms with Crippen molar-refractivity contribution in [1.29, 1.82) is 0 Å². The number of hydrazine groups is 1. The molecule has 2 amide bonds. The number of hydrogen-bond donors (Lipinski definition) is 4. The average molecular weight is 251 g/mol. The van der Waals surface area contributed by atoms with Crippen LogP contribution >= 0.6 is 0 Å². The summed E-state index contributed by atoms with van der Waals surface area (Å²) in [5, 5.41) is 2.60. The molecule has 0 aromatic carbocycles. The topological polar surface area (TPSA) is 123 Å². The number of nitrogen functional groups attached to an aromatic ring is 1. The number of anilines is 1.